The van der Waals surface area contributed by atoms with Crippen molar-refractivity contribution in [3.8, 4) is 33.9 Å². The average Bonchev–Trinajstić information content (AvgIpc) is 3.49. The maximum atomic E-state index is 9.75. The molecule has 2 N–H and O–H groups in total. The third-order valence-electron chi connectivity index (χ3n) is 5.86. The molecule has 6 rings (SSSR count). The Labute approximate surface area is 213 Å². The van der Waals surface area contributed by atoms with Gasteiger partial charge in [-0.05, 0) is 38.1 Å². The number of nitrogens with one attached hydrogen (secondary N) is 2. The van der Waals surface area contributed by atoms with Crippen LogP contribution >= 0.6 is 22.7 Å². The first-order valence-corrected chi connectivity index (χ1v) is 12.9. The molecule has 3 aromatic heterocycles. The molecule has 0 saturated carbocycles. The molecule has 9 heteroatoms. The van der Waals surface area contributed by atoms with Crippen molar-refractivity contribution in [3.63, 3.8) is 0 Å². The Morgan fingerprint density at radius 2 is 1.14 bits per heavy atom. The molecule has 6 aromatic rings. The van der Waals surface area contributed by atoms with Crippen molar-refractivity contribution in [2.24, 2.45) is 0 Å². The standard InChI is InChI=1S/C27H20N2S2.BF4/c1-16-23(19-12-6-8-14-21(19)30-16)25-26(29-27(28-25)18-10-4-3-5-11-18)24-17(2)31-22-15-9-7-13-20(22)24;2-1(3,4)5/h3-15H,1-2H3,(H,28,29);/q;-1/p+1. The molecule has 2 nitrogen and oxygen atoms in total. The lowest BCUT2D eigenvalue weighted by Gasteiger charge is -2.01. The Morgan fingerprint density at radius 1 is 0.667 bits per heavy atom. The molecule has 182 valence electrons. The predicted molar refractivity (Wildman–Crippen MR) is 144 cm³/mol. The highest BCUT2D eigenvalue weighted by atomic mass is 32.1. The summed E-state index contributed by atoms with van der Waals surface area (Å²) < 4.78 is 41.6. The van der Waals surface area contributed by atoms with Crippen LogP contribution in [0.25, 0.3) is 54.1 Å². The van der Waals surface area contributed by atoms with Crippen LogP contribution in [0.4, 0.5) is 17.3 Å². The molecule has 0 unspecified atom stereocenters. The first-order valence-electron chi connectivity index (χ1n) is 11.3. The molecule has 0 aliphatic carbocycles. The van der Waals surface area contributed by atoms with Gasteiger partial charge in [0, 0.05) is 41.1 Å². The van der Waals surface area contributed by atoms with Gasteiger partial charge in [-0.15, -0.1) is 22.7 Å². The molecule has 0 aliphatic rings. The van der Waals surface area contributed by atoms with Crippen molar-refractivity contribution in [2.75, 3.05) is 0 Å². The molecule has 0 bridgehead atoms. The van der Waals surface area contributed by atoms with Crippen LogP contribution in [-0.4, -0.2) is 12.2 Å². The van der Waals surface area contributed by atoms with E-state index in [9.17, 15) is 17.3 Å². The number of H-pyrrole nitrogens is 2. The number of benzene rings is 3. The van der Waals surface area contributed by atoms with E-state index in [4.69, 9.17) is 0 Å². The molecule has 0 spiro atoms. The van der Waals surface area contributed by atoms with Crippen molar-refractivity contribution in [1.29, 1.82) is 0 Å². The third-order valence-corrected chi connectivity index (χ3v) is 8.03. The first kappa shape index (κ1) is 24.3. The SMILES string of the molecule is Cc1sc2ccccc2c1-c1[nH]c(-c2ccccc2)[nH+]c1-c1c(C)sc2ccccc12.F[B-](F)(F)F. The van der Waals surface area contributed by atoms with Gasteiger partial charge in [0.2, 0.25) is 0 Å². The van der Waals surface area contributed by atoms with Crippen LogP contribution in [0, 0.1) is 13.8 Å². The Hall–Kier alpha value is -3.43. The van der Waals surface area contributed by atoms with Crippen LogP contribution in [-0.2, 0) is 0 Å². The van der Waals surface area contributed by atoms with Crippen molar-refractivity contribution in [2.45, 2.75) is 13.8 Å². The summed E-state index contributed by atoms with van der Waals surface area (Å²) in [6.07, 6.45) is 0. The van der Waals surface area contributed by atoms with Gasteiger partial charge in [0.15, 0.2) is 11.4 Å². The molecule has 0 radical (unpaired) electrons. The fourth-order valence-corrected chi connectivity index (χ4v) is 6.63. The largest absolute Gasteiger partial charge is 0.673 e. The third kappa shape index (κ3) is 4.81. The fourth-order valence-electron chi connectivity index (χ4n) is 4.49. The molecular formula is C27H21BF4N2S2. The quantitative estimate of drug-likeness (QED) is 0.177. The van der Waals surface area contributed by atoms with Crippen LogP contribution in [0.1, 0.15) is 9.75 Å². The van der Waals surface area contributed by atoms with Crippen LogP contribution < -0.4 is 4.98 Å². The van der Waals surface area contributed by atoms with Gasteiger partial charge in [0.05, 0.1) is 5.56 Å². The highest BCUT2D eigenvalue weighted by molar-refractivity contribution is 7.20. The van der Waals surface area contributed by atoms with E-state index in [1.807, 2.05) is 22.7 Å². The summed E-state index contributed by atoms with van der Waals surface area (Å²) in [6.45, 7) is 4.46. The summed E-state index contributed by atoms with van der Waals surface area (Å²) in [4.78, 5) is 10.2. The van der Waals surface area contributed by atoms with E-state index < -0.39 is 7.25 Å². The second-order valence-corrected chi connectivity index (χ2v) is 10.8. The number of fused-ring (bicyclic) bond motifs is 2. The molecule has 0 fully saturated rings. The summed E-state index contributed by atoms with van der Waals surface area (Å²) in [5.41, 5.74) is 6.08. The lowest BCUT2D eigenvalue weighted by atomic mass is 10.0. The van der Waals surface area contributed by atoms with Crippen LogP contribution in [0.15, 0.2) is 78.9 Å². The molecule has 3 heterocycles. The molecule has 0 amide bonds. The number of imidazole rings is 1. The summed E-state index contributed by atoms with van der Waals surface area (Å²) in [7, 11) is -6.00. The summed E-state index contributed by atoms with van der Waals surface area (Å²) >= 11 is 3.72. The minimum absolute atomic E-state index is 1.04. The highest BCUT2D eigenvalue weighted by Gasteiger charge is 2.28. The number of hydrogen-bond donors (Lipinski definition) is 1. The summed E-state index contributed by atoms with van der Waals surface area (Å²) in [5.74, 6) is 1.04. The number of hydrogen-bond acceptors (Lipinski definition) is 2. The van der Waals surface area contributed by atoms with Crippen molar-refractivity contribution >= 4 is 50.1 Å². The van der Waals surface area contributed by atoms with Gasteiger partial charge >= 0.3 is 7.25 Å². The number of aryl methyl sites for hydroxylation is 2. The topological polar surface area (TPSA) is 29.9 Å². The number of thiophene rings is 2. The molecule has 3 aromatic carbocycles. The minimum Gasteiger partial charge on any atom is -0.418 e. The van der Waals surface area contributed by atoms with Gasteiger partial charge < -0.3 is 17.3 Å². The maximum absolute atomic E-state index is 9.75. The maximum Gasteiger partial charge on any atom is 0.673 e. The average molecular weight is 524 g/mol. The van der Waals surface area contributed by atoms with Gasteiger partial charge in [0.1, 0.15) is 0 Å². The number of rotatable bonds is 3. The van der Waals surface area contributed by atoms with E-state index in [2.05, 4.69) is 103 Å². The Kier molecular flexibility index (Phi) is 6.44. The second-order valence-electron chi connectivity index (χ2n) is 8.29. The molecule has 0 aliphatic heterocycles. The van der Waals surface area contributed by atoms with E-state index in [1.165, 1.54) is 52.4 Å². The number of aromatic nitrogens is 2. The first-order chi connectivity index (χ1) is 17.2. The van der Waals surface area contributed by atoms with Crippen LogP contribution in [0.2, 0.25) is 0 Å². The molecular weight excluding hydrogens is 503 g/mol. The van der Waals surface area contributed by atoms with E-state index in [0.29, 0.717) is 0 Å². The van der Waals surface area contributed by atoms with Crippen LogP contribution in [0.3, 0.4) is 0 Å². The monoisotopic (exact) mass is 524 g/mol. The van der Waals surface area contributed by atoms with Gasteiger partial charge in [-0.2, -0.15) is 0 Å². The fraction of sp³-hybridized carbons (Fsp3) is 0.0741. The van der Waals surface area contributed by atoms with Gasteiger partial charge in [0.25, 0.3) is 5.82 Å². The van der Waals surface area contributed by atoms with E-state index in [0.717, 1.165) is 11.4 Å². The summed E-state index contributed by atoms with van der Waals surface area (Å²) in [5, 5.41) is 2.61. The second kappa shape index (κ2) is 9.56. The normalized spacial score (nSPS) is 11.6. The Balaban J connectivity index is 0.000000489. The zero-order chi connectivity index (χ0) is 25.4. The number of aromatic amines is 2. The van der Waals surface area contributed by atoms with E-state index >= 15 is 0 Å². The molecule has 36 heavy (non-hydrogen) atoms. The van der Waals surface area contributed by atoms with Crippen molar-refractivity contribution in [3.05, 3.63) is 88.6 Å². The Morgan fingerprint density at radius 3 is 1.72 bits per heavy atom. The predicted octanol–water partition coefficient (Wildman–Crippen LogP) is 9.18. The van der Waals surface area contributed by atoms with Gasteiger partial charge in [-0.1, -0.05) is 54.6 Å². The van der Waals surface area contributed by atoms with E-state index in [1.54, 1.807) is 0 Å². The van der Waals surface area contributed by atoms with Crippen molar-refractivity contribution in [1.82, 2.24) is 4.98 Å². The summed E-state index contributed by atoms with van der Waals surface area (Å²) in [6, 6.07) is 27.9. The van der Waals surface area contributed by atoms with Crippen LogP contribution in [0.5, 0.6) is 0 Å². The smallest absolute Gasteiger partial charge is 0.418 e. The number of halogens is 4. The molecule has 0 atom stereocenters. The lowest BCUT2D eigenvalue weighted by Crippen LogP contribution is -2.06. The zero-order valence-corrected chi connectivity index (χ0v) is 21.0. The highest BCUT2D eigenvalue weighted by Crippen LogP contribution is 2.45. The lowest BCUT2D eigenvalue weighted by molar-refractivity contribution is -0.348. The van der Waals surface area contributed by atoms with Gasteiger partial charge in [-0.25, -0.2) is 9.97 Å². The minimum atomic E-state index is -6.00. The Bertz CT molecular complexity index is 1560. The zero-order valence-electron chi connectivity index (χ0n) is 19.4. The molecule has 0 saturated heterocycles. The van der Waals surface area contributed by atoms with Crippen molar-refractivity contribution < 1.29 is 22.2 Å². The van der Waals surface area contributed by atoms with Gasteiger partial charge in [-0.3, -0.25) is 0 Å². The van der Waals surface area contributed by atoms with E-state index in [-0.39, 0.29) is 0 Å².